The van der Waals surface area contributed by atoms with Gasteiger partial charge in [0.2, 0.25) is 0 Å². The number of nitrogen functional groups attached to an aromatic ring is 1. The first-order valence-corrected chi connectivity index (χ1v) is 11.4. The van der Waals surface area contributed by atoms with Gasteiger partial charge < -0.3 is 10.9 Å². The highest BCUT2D eigenvalue weighted by Gasteiger charge is 2.22. The van der Waals surface area contributed by atoms with Crippen LogP contribution in [0.5, 0.6) is 0 Å². The van der Waals surface area contributed by atoms with Crippen LogP contribution in [0.4, 0.5) is 14.5 Å². The van der Waals surface area contributed by atoms with Crippen molar-refractivity contribution in [3.63, 3.8) is 0 Å². The summed E-state index contributed by atoms with van der Waals surface area (Å²) in [5.41, 5.74) is 7.01. The Kier molecular flexibility index (Phi) is 7.19. The fourth-order valence-corrected chi connectivity index (χ4v) is 4.13. The van der Waals surface area contributed by atoms with Crippen LogP contribution in [0.3, 0.4) is 0 Å². The molecule has 6 nitrogen and oxygen atoms in total. The minimum atomic E-state index is -0.984. The third-order valence-electron chi connectivity index (χ3n) is 6.03. The molecule has 0 unspecified atom stereocenters. The van der Waals surface area contributed by atoms with Crippen LogP contribution in [0.2, 0.25) is 0 Å². The van der Waals surface area contributed by atoms with Crippen molar-refractivity contribution in [2.45, 2.75) is 38.5 Å². The second-order valence-corrected chi connectivity index (χ2v) is 8.47. The number of carbonyl (C=O) groups excluding carboxylic acids is 1. The van der Waals surface area contributed by atoms with E-state index in [2.05, 4.69) is 17.1 Å². The lowest BCUT2D eigenvalue weighted by Gasteiger charge is -2.12. The molecule has 180 valence electrons. The molecular formula is C27H25F2N3O3. The highest BCUT2D eigenvalue weighted by Crippen LogP contribution is 2.24. The number of rotatable bonds is 9. The van der Waals surface area contributed by atoms with Crippen molar-refractivity contribution in [2.24, 2.45) is 0 Å². The SMILES string of the molecule is Nc1c(C(=O)CCc2ccc(F)cc2F)c(=O)n(O)c2ncc(CCCCc3ccccc3)cc12. The van der Waals surface area contributed by atoms with Gasteiger partial charge in [0.05, 0.1) is 5.69 Å². The number of hydrogen-bond acceptors (Lipinski definition) is 5. The summed E-state index contributed by atoms with van der Waals surface area (Å²) in [7, 11) is 0. The second kappa shape index (κ2) is 10.5. The number of Topliss-reactive ketones (excluding diaryl/α,β-unsaturated/α-hetero) is 1. The van der Waals surface area contributed by atoms with Crippen LogP contribution in [0.15, 0.2) is 65.6 Å². The number of nitrogens with zero attached hydrogens (tertiary/aromatic N) is 2. The molecule has 2 aromatic heterocycles. The van der Waals surface area contributed by atoms with Gasteiger partial charge >= 0.3 is 0 Å². The smallest absolute Gasteiger partial charge is 0.297 e. The summed E-state index contributed by atoms with van der Waals surface area (Å²) in [5, 5.41) is 10.6. The van der Waals surface area contributed by atoms with Crippen LogP contribution in [-0.4, -0.2) is 20.7 Å². The molecule has 35 heavy (non-hydrogen) atoms. The third-order valence-corrected chi connectivity index (χ3v) is 6.03. The summed E-state index contributed by atoms with van der Waals surface area (Å²) < 4.78 is 27.3. The van der Waals surface area contributed by atoms with Crippen LogP contribution in [0.25, 0.3) is 11.0 Å². The molecule has 0 atom stereocenters. The number of halogens is 2. The molecular weight excluding hydrogens is 452 g/mol. The Bertz CT molecular complexity index is 1440. The van der Waals surface area contributed by atoms with E-state index in [0.717, 1.165) is 37.0 Å². The number of fused-ring (bicyclic) bond motifs is 1. The number of nitrogens with two attached hydrogens (primary N) is 1. The molecule has 0 aliphatic carbocycles. The quantitative estimate of drug-likeness (QED) is 0.204. The van der Waals surface area contributed by atoms with E-state index in [4.69, 9.17) is 5.73 Å². The monoisotopic (exact) mass is 477 g/mol. The van der Waals surface area contributed by atoms with Crippen LogP contribution >= 0.6 is 0 Å². The van der Waals surface area contributed by atoms with E-state index < -0.39 is 23.0 Å². The second-order valence-electron chi connectivity index (χ2n) is 8.47. The molecule has 4 rings (SSSR count). The van der Waals surface area contributed by atoms with Gasteiger partial charge in [-0.15, -0.1) is 4.73 Å². The van der Waals surface area contributed by atoms with Gasteiger partial charge in [-0.3, -0.25) is 9.59 Å². The number of carbonyl (C=O) groups is 1. The molecule has 0 bridgehead atoms. The summed E-state index contributed by atoms with van der Waals surface area (Å²) >= 11 is 0. The molecule has 2 aromatic carbocycles. The Labute approximate surface area is 200 Å². The summed E-state index contributed by atoms with van der Waals surface area (Å²) in [6.07, 6.45) is 4.83. The third kappa shape index (κ3) is 5.37. The number of pyridine rings is 2. The van der Waals surface area contributed by atoms with Gasteiger partial charge in [0.25, 0.3) is 5.56 Å². The minimum absolute atomic E-state index is 0.0401. The maximum atomic E-state index is 13.9. The van der Waals surface area contributed by atoms with Gasteiger partial charge in [0.15, 0.2) is 11.4 Å². The van der Waals surface area contributed by atoms with E-state index in [9.17, 15) is 23.6 Å². The highest BCUT2D eigenvalue weighted by molar-refractivity contribution is 6.06. The first-order valence-electron chi connectivity index (χ1n) is 11.4. The Balaban J connectivity index is 1.52. The minimum Gasteiger partial charge on any atom is -0.423 e. The number of ketones is 1. The van der Waals surface area contributed by atoms with Crippen molar-refractivity contribution >= 4 is 22.5 Å². The van der Waals surface area contributed by atoms with Crippen molar-refractivity contribution in [1.82, 2.24) is 9.71 Å². The van der Waals surface area contributed by atoms with Gasteiger partial charge in [-0.1, -0.05) is 36.4 Å². The Hall–Kier alpha value is -4.07. The number of aromatic nitrogens is 2. The van der Waals surface area contributed by atoms with Crippen LogP contribution in [-0.2, 0) is 19.3 Å². The van der Waals surface area contributed by atoms with Gasteiger partial charge in [-0.05, 0) is 60.9 Å². The molecule has 4 aromatic rings. The Morgan fingerprint density at radius 2 is 1.69 bits per heavy atom. The average Bonchev–Trinajstić information content (AvgIpc) is 2.85. The maximum absolute atomic E-state index is 13.9. The predicted molar refractivity (Wildman–Crippen MR) is 130 cm³/mol. The molecule has 8 heteroatoms. The number of aryl methyl sites for hydroxylation is 3. The molecule has 2 heterocycles. The number of hydrogen-bond donors (Lipinski definition) is 2. The zero-order valence-corrected chi connectivity index (χ0v) is 19.0. The molecule has 0 spiro atoms. The van der Waals surface area contributed by atoms with Crippen molar-refractivity contribution in [1.29, 1.82) is 0 Å². The summed E-state index contributed by atoms with van der Waals surface area (Å²) in [6, 6.07) is 15.0. The normalized spacial score (nSPS) is 11.1. The van der Waals surface area contributed by atoms with E-state index in [0.29, 0.717) is 16.5 Å². The lowest BCUT2D eigenvalue weighted by atomic mass is 10.00. The topological polar surface area (TPSA) is 98.2 Å². The fourth-order valence-electron chi connectivity index (χ4n) is 4.13. The molecule has 0 amide bonds. The number of anilines is 1. The predicted octanol–water partition coefficient (Wildman–Crippen LogP) is 4.88. The largest absolute Gasteiger partial charge is 0.423 e. The molecule has 0 saturated heterocycles. The van der Waals surface area contributed by atoms with Gasteiger partial charge in [-0.25, -0.2) is 13.8 Å². The van der Waals surface area contributed by atoms with Crippen LogP contribution in [0, 0.1) is 11.6 Å². The van der Waals surface area contributed by atoms with E-state index in [1.807, 2.05) is 18.2 Å². The zero-order valence-electron chi connectivity index (χ0n) is 19.0. The summed E-state index contributed by atoms with van der Waals surface area (Å²) in [4.78, 5) is 29.7. The van der Waals surface area contributed by atoms with Gasteiger partial charge in [0.1, 0.15) is 17.2 Å². The summed E-state index contributed by atoms with van der Waals surface area (Å²) in [5.74, 6) is -2.14. The molecule has 3 N–H and O–H groups in total. The Morgan fingerprint density at radius 1 is 0.971 bits per heavy atom. The van der Waals surface area contributed by atoms with Crippen LogP contribution in [0.1, 0.15) is 46.3 Å². The van der Waals surface area contributed by atoms with Crippen molar-refractivity contribution in [3.8, 4) is 0 Å². The van der Waals surface area contributed by atoms with Crippen molar-refractivity contribution < 1.29 is 18.8 Å². The number of unbranched alkanes of at least 4 members (excludes halogenated alkanes) is 1. The van der Waals surface area contributed by atoms with E-state index in [1.165, 1.54) is 11.6 Å². The van der Waals surface area contributed by atoms with E-state index >= 15 is 0 Å². The van der Waals surface area contributed by atoms with Crippen LogP contribution < -0.4 is 11.3 Å². The van der Waals surface area contributed by atoms with Gasteiger partial charge in [0, 0.05) is 24.1 Å². The van der Waals surface area contributed by atoms with E-state index in [-0.39, 0.29) is 35.3 Å². The van der Waals surface area contributed by atoms with Crippen molar-refractivity contribution in [2.75, 3.05) is 5.73 Å². The van der Waals surface area contributed by atoms with Gasteiger partial charge in [-0.2, -0.15) is 0 Å². The standard InChI is InChI=1S/C27H25F2N3O3/c28-20-12-10-19(22(29)15-20)11-13-23(33)24-25(30)21-14-18(16-31-26(21)32(35)27(24)34)9-5-4-8-17-6-2-1-3-7-17/h1-3,6-7,10,12,14-16,35H,4-5,8-9,11,13,30H2. The first kappa shape index (κ1) is 24.1. The molecule has 0 fully saturated rings. The highest BCUT2D eigenvalue weighted by atomic mass is 19.1. The molecule has 0 saturated carbocycles. The molecule has 0 aliphatic rings. The molecule has 0 aliphatic heterocycles. The lowest BCUT2D eigenvalue weighted by Crippen LogP contribution is -2.28. The fraction of sp³-hybridized carbons (Fsp3) is 0.222. The first-order chi connectivity index (χ1) is 16.8. The summed E-state index contributed by atoms with van der Waals surface area (Å²) in [6.45, 7) is 0. The lowest BCUT2D eigenvalue weighted by molar-refractivity contribution is 0.0976. The van der Waals surface area contributed by atoms with E-state index in [1.54, 1.807) is 12.3 Å². The molecule has 0 radical (unpaired) electrons. The zero-order chi connectivity index (χ0) is 24.9. The Morgan fingerprint density at radius 3 is 2.40 bits per heavy atom. The average molecular weight is 478 g/mol. The van der Waals surface area contributed by atoms with Crippen molar-refractivity contribution in [3.05, 3.63) is 105 Å². The maximum Gasteiger partial charge on any atom is 0.297 e. The number of benzene rings is 2.